The Kier molecular flexibility index (Phi) is 4.27. The van der Waals surface area contributed by atoms with Crippen molar-refractivity contribution in [3.8, 4) is 0 Å². The Morgan fingerprint density at radius 2 is 2.22 bits per heavy atom. The molecule has 1 N–H and O–H groups in total. The molecule has 6 heteroatoms. The summed E-state index contributed by atoms with van der Waals surface area (Å²) in [5.41, 5.74) is 1.74. The number of hydrogen-bond donors (Lipinski definition) is 1. The van der Waals surface area contributed by atoms with Gasteiger partial charge in [0.05, 0.1) is 21.7 Å². The van der Waals surface area contributed by atoms with Crippen LogP contribution in [0.3, 0.4) is 0 Å². The van der Waals surface area contributed by atoms with E-state index in [1.165, 1.54) is 11.5 Å². The summed E-state index contributed by atoms with van der Waals surface area (Å²) in [5, 5.41) is 14.9. The van der Waals surface area contributed by atoms with Crippen LogP contribution in [0.5, 0.6) is 0 Å². The Labute approximate surface area is 115 Å². The molecule has 0 aromatic carbocycles. The Hall–Kier alpha value is -1.04. The standard InChI is InChI=1S/C12H14ClN3OS/c1-7(2)11-12(18-16-15-11)10(17)5-8-3-4-14-6-9(8)13/h3-4,6-7,10,17H,5H2,1-2H3. The summed E-state index contributed by atoms with van der Waals surface area (Å²) in [6.07, 6.45) is 3.08. The molecule has 0 amide bonds. The third-order valence-electron chi connectivity index (χ3n) is 2.66. The van der Waals surface area contributed by atoms with Gasteiger partial charge in [-0.2, -0.15) is 0 Å². The predicted molar refractivity (Wildman–Crippen MR) is 71.9 cm³/mol. The van der Waals surface area contributed by atoms with Gasteiger partial charge in [-0.3, -0.25) is 4.98 Å². The maximum Gasteiger partial charge on any atom is 0.0957 e. The lowest BCUT2D eigenvalue weighted by Crippen LogP contribution is -2.04. The van der Waals surface area contributed by atoms with E-state index in [-0.39, 0.29) is 5.92 Å². The minimum Gasteiger partial charge on any atom is -0.387 e. The van der Waals surface area contributed by atoms with E-state index in [1.807, 2.05) is 19.9 Å². The Morgan fingerprint density at radius 3 is 2.89 bits per heavy atom. The molecule has 4 nitrogen and oxygen atoms in total. The molecule has 0 bridgehead atoms. The molecule has 0 aliphatic carbocycles. The molecule has 2 aromatic rings. The SMILES string of the molecule is CC(C)c1nnsc1C(O)Cc1ccncc1Cl. The second-order valence-electron chi connectivity index (χ2n) is 4.36. The van der Waals surface area contributed by atoms with Crippen LogP contribution in [0, 0.1) is 0 Å². The van der Waals surface area contributed by atoms with Crippen molar-refractivity contribution in [3.63, 3.8) is 0 Å². The topological polar surface area (TPSA) is 58.9 Å². The molecule has 1 atom stereocenters. The molecule has 0 aliphatic heterocycles. The van der Waals surface area contributed by atoms with Crippen LogP contribution in [0.25, 0.3) is 0 Å². The molecule has 96 valence electrons. The number of rotatable bonds is 4. The summed E-state index contributed by atoms with van der Waals surface area (Å²) < 4.78 is 3.91. The molecular weight excluding hydrogens is 270 g/mol. The Morgan fingerprint density at radius 1 is 1.44 bits per heavy atom. The van der Waals surface area contributed by atoms with Gasteiger partial charge in [-0.05, 0) is 29.1 Å². The highest BCUT2D eigenvalue weighted by Gasteiger charge is 2.20. The van der Waals surface area contributed by atoms with Crippen LogP contribution in [0.2, 0.25) is 5.02 Å². The first-order valence-electron chi connectivity index (χ1n) is 5.68. The average Bonchev–Trinajstić information content (AvgIpc) is 2.81. The fraction of sp³-hybridized carbons (Fsp3) is 0.417. The van der Waals surface area contributed by atoms with E-state index in [4.69, 9.17) is 11.6 Å². The van der Waals surface area contributed by atoms with Gasteiger partial charge in [0, 0.05) is 18.8 Å². The van der Waals surface area contributed by atoms with Crippen molar-refractivity contribution in [1.29, 1.82) is 0 Å². The number of nitrogens with zero attached hydrogens (tertiary/aromatic N) is 3. The lowest BCUT2D eigenvalue weighted by atomic mass is 10.0. The fourth-order valence-electron chi connectivity index (χ4n) is 1.71. The van der Waals surface area contributed by atoms with E-state index in [2.05, 4.69) is 14.6 Å². The van der Waals surface area contributed by atoms with Crippen molar-refractivity contribution in [1.82, 2.24) is 14.6 Å². The van der Waals surface area contributed by atoms with Gasteiger partial charge in [-0.15, -0.1) is 5.10 Å². The first kappa shape index (κ1) is 13.4. The van der Waals surface area contributed by atoms with E-state index in [0.29, 0.717) is 11.4 Å². The largest absolute Gasteiger partial charge is 0.387 e. The maximum atomic E-state index is 10.3. The Bertz CT molecular complexity index is 530. The molecular formula is C12H14ClN3OS. The number of halogens is 1. The molecule has 1 unspecified atom stereocenters. The van der Waals surface area contributed by atoms with E-state index >= 15 is 0 Å². The normalized spacial score (nSPS) is 12.9. The highest BCUT2D eigenvalue weighted by atomic mass is 35.5. The quantitative estimate of drug-likeness (QED) is 0.937. The molecule has 2 aromatic heterocycles. The first-order valence-corrected chi connectivity index (χ1v) is 6.83. The van der Waals surface area contributed by atoms with Gasteiger partial charge in [-0.1, -0.05) is 29.9 Å². The summed E-state index contributed by atoms with van der Waals surface area (Å²) in [5.74, 6) is 0.251. The molecule has 18 heavy (non-hydrogen) atoms. The lowest BCUT2D eigenvalue weighted by molar-refractivity contribution is 0.180. The second-order valence-corrected chi connectivity index (χ2v) is 5.56. The fourth-order valence-corrected chi connectivity index (χ4v) is 2.69. The van der Waals surface area contributed by atoms with Gasteiger partial charge in [0.25, 0.3) is 0 Å². The first-order chi connectivity index (χ1) is 8.59. The summed E-state index contributed by atoms with van der Waals surface area (Å²) in [4.78, 5) is 4.74. The van der Waals surface area contributed by atoms with Crippen molar-refractivity contribution in [2.45, 2.75) is 32.3 Å². The maximum absolute atomic E-state index is 10.3. The third kappa shape index (κ3) is 2.85. The minimum absolute atomic E-state index is 0.251. The van der Waals surface area contributed by atoms with Crippen molar-refractivity contribution >= 4 is 23.1 Å². The number of aliphatic hydroxyl groups is 1. The minimum atomic E-state index is -0.623. The van der Waals surface area contributed by atoms with Crippen LogP contribution in [0.15, 0.2) is 18.5 Å². The number of aromatic nitrogens is 3. The van der Waals surface area contributed by atoms with Gasteiger partial charge in [-0.25, -0.2) is 0 Å². The molecule has 2 heterocycles. The van der Waals surface area contributed by atoms with Crippen molar-refractivity contribution in [2.75, 3.05) is 0 Å². The van der Waals surface area contributed by atoms with E-state index in [9.17, 15) is 5.11 Å². The van der Waals surface area contributed by atoms with E-state index in [0.717, 1.165) is 16.1 Å². The average molecular weight is 284 g/mol. The van der Waals surface area contributed by atoms with Crippen molar-refractivity contribution < 1.29 is 5.11 Å². The molecule has 0 radical (unpaired) electrons. The van der Waals surface area contributed by atoms with Crippen LogP contribution >= 0.6 is 23.1 Å². The van der Waals surface area contributed by atoms with Crippen LogP contribution in [-0.2, 0) is 6.42 Å². The van der Waals surface area contributed by atoms with Crippen LogP contribution in [0.1, 0.15) is 42.0 Å². The molecule has 0 fully saturated rings. The van der Waals surface area contributed by atoms with Crippen molar-refractivity contribution in [2.24, 2.45) is 0 Å². The second kappa shape index (κ2) is 5.73. The van der Waals surface area contributed by atoms with Crippen LogP contribution in [0.4, 0.5) is 0 Å². The number of hydrogen-bond acceptors (Lipinski definition) is 5. The van der Waals surface area contributed by atoms with Gasteiger partial charge >= 0.3 is 0 Å². The van der Waals surface area contributed by atoms with Gasteiger partial charge < -0.3 is 5.11 Å². The molecule has 0 aliphatic rings. The van der Waals surface area contributed by atoms with Gasteiger partial charge in [0.1, 0.15) is 0 Å². The summed E-state index contributed by atoms with van der Waals surface area (Å²) >= 11 is 7.27. The monoisotopic (exact) mass is 283 g/mol. The van der Waals surface area contributed by atoms with Crippen LogP contribution in [-0.4, -0.2) is 19.7 Å². The zero-order valence-corrected chi connectivity index (χ0v) is 11.7. The summed E-state index contributed by atoms with van der Waals surface area (Å²) in [6, 6.07) is 1.81. The zero-order chi connectivity index (χ0) is 13.1. The molecule has 0 saturated carbocycles. The summed E-state index contributed by atoms with van der Waals surface area (Å²) in [7, 11) is 0. The zero-order valence-electron chi connectivity index (χ0n) is 10.2. The van der Waals surface area contributed by atoms with E-state index < -0.39 is 6.10 Å². The molecule has 0 saturated heterocycles. The third-order valence-corrected chi connectivity index (χ3v) is 3.84. The highest BCUT2D eigenvalue weighted by molar-refractivity contribution is 7.05. The number of pyridine rings is 1. The smallest absolute Gasteiger partial charge is 0.0957 e. The van der Waals surface area contributed by atoms with E-state index in [1.54, 1.807) is 12.4 Å². The predicted octanol–water partition coefficient (Wildman–Crippen LogP) is 2.99. The molecule has 0 spiro atoms. The van der Waals surface area contributed by atoms with Gasteiger partial charge in [0.2, 0.25) is 0 Å². The van der Waals surface area contributed by atoms with Crippen LogP contribution < -0.4 is 0 Å². The lowest BCUT2D eigenvalue weighted by Gasteiger charge is -2.12. The number of aliphatic hydroxyl groups excluding tert-OH is 1. The Balaban J connectivity index is 2.20. The van der Waals surface area contributed by atoms with Gasteiger partial charge in [0.15, 0.2) is 0 Å². The molecule has 2 rings (SSSR count). The highest BCUT2D eigenvalue weighted by Crippen LogP contribution is 2.29. The summed E-state index contributed by atoms with van der Waals surface area (Å²) in [6.45, 7) is 4.07. The van der Waals surface area contributed by atoms with Crippen molar-refractivity contribution in [3.05, 3.63) is 39.6 Å².